The van der Waals surface area contributed by atoms with E-state index >= 15 is 0 Å². The number of anilines is 4. The van der Waals surface area contributed by atoms with Gasteiger partial charge in [0.2, 0.25) is 5.95 Å². The SMILES string of the molecule is c1ccc(Nc2ccnc(Nc3ccc4ncccc4c3)n2)cc1. The molecule has 0 saturated carbocycles. The quantitative estimate of drug-likeness (QED) is 0.580. The largest absolute Gasteiger partial charge is 0.340 e. The summed E-state index contributed by atoms with van der Waals surface area (Å²) < 4.78 is 0. The molecule has 0 aliphatic rings. The molecule has 0 bridgehead atoms. The van der Waals surface area contributed by atoms with E-state index in [4.69, 9.17) is 0 Å². The van der Waals surface area contributed by atoms with Crippen molar-refractivity contribution in [3.8, 4) is 0 Å². The molecule has 2 aromatic carbocycles. The number of aromatic nitrogens is 3. The van der Waals surface area contributed by atoms with Gasteiger partial charge in [-0.1, -0.05) is 24.3 Å². The summed E-state index contributed by atoms with van der Waals surface area (Å²) in [5, 5.41) is 7.56. The highest BCUT2D eigenvalue weighted by Crippen LogP contribution is 2.20. The van der Waals surface area contributed by atoms with Crippen LogP contribution in [0.3, 0.4) is 0 Å². The van der Waals surface area contributed by atoms with Crippen LogP contribution in [0.25, 0.3) is 10.9 Å². The molecule has 4 rings (SSSR count). The molecule has 5 heteroatoms. The molecule has 5 nitrogen and oxygen atoms in total. The maximum Gasteiger partial charge on any atom is 0.229 e. The topological polar surface area (TPSA) is 62.7 Å². The van der Waals surface area contributed by atoms with Gasteiger partial charge in [0.05, 0.1) is 5.52 Å². The lowest BCUT2D eigenvalue weighted by atomic mass is 10.2. The van der Waals surface area contributed by atoms with Crippen LogP contribution < -0.4 is 10.6 Å². The van der Waals surface area contributed by atoms with Crippen LogP contribution in [0.15, 0.2) is 79.1 Å². The summed E-state index contributed by atoms with van der Waals surface area (Å²) in [5.74, 6) is 1.28. The zero-order valence-electron chi connectivity index (χ0n) is 12.8. The van der Waals surface area contributed by atoms with Crippen molar-refractivity contribution in [1.29, 1.82) is 0 Å². The predicted molar refractivity (Wildman–Crippen MR) is 96.8 cm³/mol. The molecule has 0 unspecified atom stereocenters. The number of para-hydroxylation sites is 1. The number of fused-ring (bicyclic) bond motifs is 1. The molecule has 2 heterocycles. The Balaban J connectivity index is 1.56. The van der Waals surface area contributed by atoms with Crippen molar-refractivity contribution in [2.45, 2.75) is 0 Å². The highest BCUT2D eigenvalue weighted by molar-refractivity contribution is 5.82. The van der Waals surface area contributed by atoms with Gasteiger partial charge in [0.15, 0.2) is 0 Å². The van der Waals surface area contributed by atoms with Crippen LogP contribution in [-0.4, -0.2) is 15.0 Å². The van der Waals surface area contributed by atoms with Crippen LogP contribution in [0.2, 0.25) is 0 Å². The zero-order chi connectivity index (χ0) is 16.2. The first-order valence-corrected chi connectivity index (χ1v) is 7.64. The Bertz CT molecular complexity index is 969. The number of benzene rings is 2. The number of nitrogens with zero attached hydrogens (tertiary/aromatic N) is 3. The maximum atomic E-state index is 4.49. The fourth-order valence-corrected chi connectivity index (χ4v) is 2.44. The third-order valence-electron chi connectivity index (χ3n) is 3.56. The first kappa shape index (κ1) is 14.1. The second-order valence-electron chi connectivity index (χ2n) is 5.29. The van der Waals surface area contributed by atoms with E-state index in [0.717, 1.165) is 28.1 Å². The zero-order valence-corrected chi connectivity index (χ0v) is 12.8. The monoisotopic (exact) mass is 313 g/mol. The molecule has 0 aliphatic carbocycles. The molecule has 4 aromatic rings. The minimum absolute atomic E-state index is 0.541. The molecular weight excluding hydrogens is 298 g/mol. The normalized spacial score (nSPS) is 10.5. The summed E-state index contributed by atoms with van der Waals surface area (Å²) in [6.45, 7) is 0. The Kier molecular flexibility index (Phi) is 3.73. The van der Waals surface area contributed by atoms with Gasteiger partial charge in [-0.25, -0.2) is 4.98 Å². The summed E-state index contributed by atoms with van der Waals surface area (Å²) >= 11 is 0. The molecular formula is C19H15N5. The van der Waals surface area contributed by atoms with Crippen LogP contribution in [0.5, 0.6) is 0 Å². The van der Waals surface area contributed by atoms with E-state index in [1.807, 2.05) is 66.7 Å². The van der Waals surface area contributed by atoms with Gasteiger partial charge in [0.25, 0.3) is 0 Å². The smallest absolute Gasteiger partial charge is 0.229 e. The van der Waals surface area contributed by atoms with Gasteiger partial charge in [0, 0.05) is 29.2 Å². The van der Waals surface area contributed by atoms with Crippen molar-refractivity contribution in [2.24, 2.45) is 0 Å². The van der Waals surface area contributed by atoms with Gasteiger partial charge >= 0.3 is 0 Å². The van der Waals surface area contributed by atoms with Gasteiger partial charge in [-0.2, -0.15) is 4.98 Å². The van der Waals surface area contributed by atoms with E-state index in [0.29, 0.717) is 5.95 Å². The Hall–Kier alpha value is -3.47. The molecule has 0 spiro atoms. The number of rotatable bonds is 4. The summed E-state index contributed by atoms with van der Waals surface area (Å²) in [6, 6.07) is 21.7. The van der Waals surface area contributed by atoms with E-state index in [1.54, 1.807) is 12.4 Å². The predicted octanol–water partition coefficient (Wildman–Crippen LogP) is 4.51. The first-order chi connectivity index (χ1) is 11.9. The molecule has 0 saturated heterocycles. The fraction of sp³-hybridized carbons (Fsp3) is 0. The molecule has 0 aliphatic heterocycles. The first-order valence-electron chi connectivity index (χ1n) is 7.64. The van der Waals surface area contributed by atoms with E-state index in [-0.39, 0.29) is 0 Å². The summed E-state index contributed by atoms with van der Waals surface area (Å²) in [5.41, 5.74) is 2.87. The lowest BCUT2D eigenvalue weighted by Crippen LogP contribution is -2.00. The van der Waals surface area contributed by atoms with E-state index in [1.165, 1.54) is 0 Å². The van der Waals surface area contributed by atoms with Crippen molar-refractivity contribution < 1.29 is 0 Å². The average molecular weight is 313 g/mol. The molecule has 0 radical (unpaired) electrons. The number of hydrogen-bond donors (Lipinski definition) is 2. The lowest BCUT2D eigenvalue weighted by molar-refractivity contribution is 1.17. The van der Waals surface area contributed by atoms with Crippen molar-refractivity contribution in [3.63, 3.8) is 0 Å². The molecule has 0 atom stereocenters. The third-order valence-corrected chi connectivity index (χ3v) is 3.56. The maximum absolute atomic E-state index is 4.49. The number of nitrogens with one attached hydrogen (secondary N) is 2. The minimum atomic E-state index is 0.541. The second-order valence-corrected chi connectivity index (χ2v) is 5.29. The van der Waals surface area contributed by atoms with Crippen LogP contribution in [0, 0.1) is 0 Å². The average Bonchev–Trinajstić information content (AvgIpc) is 2.63. The Morgan fingerprint density at radius 1 is 0.667 bits per heavy atom. The van der Waals surface area contributed by atoms with Crippen LogP contribution in [0.4, 0.5) is 23.1 Å². The van der Waals surface area contributed by atoms with Gasteiger partial charge in [-0.05, 0) is 42.5 Å². The van der Waals surface area contributed by atoms with Crippen LogP contribution in [0.1, 0.15) is 0 Å². The van der Waals surface area contributed by atoms with E-state index < -0.39 is 0 Å². The van der Waals surface area contributed by atoms with Crippen molar-refractivity contribution >= 4 is 34.0 Å². The third kappa shape index (κ3) is 3.15. The van der Waals surface area contributed by atoms with Gasteiger partial charge < -0.3 is 10.6 Å². The summed E-state index contributed by atoms with van der Waals surface area (Å²) in [4.78, 5) is 13.1. The Morgan fingerprint density at radius 2 is 1.58 bits per heavy atom. The second kappa shape index (κ2) is 6.34. The number of pyridine rings is 1. The van der Waals surface area contributed by atoms with Crippen LogP contribution >= 0.6 is 0 Å². The van der Waals surface area contributed by atoms with E-state index in [2.05, 4.69) is 25.6 Å². The number of hydrogen-bond acceptors (Lipinski definition) is 5. The molecule has 2 aromatic heterocycles. The summed E-state index contributed by atoms with van der Waals surface area (Å²) in [7, 11) is 0. The fourth-order valence-electron chi connectivity index (χ4n) is 2.44. The summed E-state index contributed by atoms with van der Waals surface area (Å²) in [6.07, 6.45) is 3.51. The molecule has 0 fully saturated rings. The molecule has 0 amide bonds. The molecule has 2 N–H and O–H groups in total. The lowest BCUT2D eigenvalue weighted by Gasteiger charge is -2.09. The van der Waals surface area contributed by atoms with Crippen molar-refractivity contribution in [3.05, 3.63) is 79.1 Å². The molecule has 24 heavy (non-hydrogen) atoms. The van der Waals surface area contributed by atoms with Crippen molar-refractivity contribution in [1.82, 2.24) is 15.0 Å². The van der Waals surface area contributed by atoms with Crippen molar-refractivity contribution in [2.75, 3.05) is 10.6 Å². The standard InChI is InChI=1S/C19H15N5/c1-2-6-15(7-3-1)22-18-10-12-21-19(24-18)23-16-8-9-17-14(13-16)5-4-11-20-17/h1-13H,(H2,21,22,23,24). The van der Waals surface area contributed by atoms with Crippen LogP contribution in [-0.2, 0) is 0 Å². The molecule has 116 valence electrons. The highest BCUT2D eigenvalue weighted by Gasteiger charge is 2.02. The highest BCUT2D eigenvalue weighted by atomic mass is 15.1. The Morgan fingerprint density at radius 3 is 2.50 bits per heavy atom. The minimum Gasteiger partial charge on any atom is -0.340 e. The van der Waals surface area contributed by atoms with E-state index in [9.17, 15) is 0 Å². The van der Waals surface area contributed by atoms with Gasteiger partial charge in [-0.15, -0.1) is 0 Å². The Labute approximate surface area is 139 Å². The van der Waals surface area contributed by atoms with Gasteiger partial charge in [0.1, 0.15) is 5.82 Å². The van der Waals surface area contributed by atoms with Gasteiger partial charge in [-0.3, -0.25) is 4.98 Å².